The predicted octanol–water partition coefficient (Wildman–Crippen LogP) is 5.49. The van der Waals surface area contributed by atoms with Gasteiger partial charge in [0.1, 0.15) is 42.4 Å². The number of hydrogen-bond acceptors (Lipinski definition) is 8. The molecular formula is C38H48F2N8O4Si. The molecule has 0 bridgehead atoms. The van der Waals surface area contributed by atoms with Crippen LogP contribution in [-0.4, -0.2) is 87.6 Å². The first kappa shape index (κ1) is 37.9. The molecule has 2 N–H and O–H groups in total. The molecule has 0 saturated carbocycles. The molecule has 2 atom stereocenters. The third kappa shape index (κ3) is 9.58. The fraction of sp³-hybridized carbons (Fsp3) is 0.421. The first-order valence-corrected chi connectivity index (χ1v) is 21.6. The summed E-state index contributed by atoms with van der Waals surface area (Å²) in [7, 11) is -1.20. The molecule has 3 heterocycles. The van der Waals surface area contributed by atoms with Crippen molar-refractivity contribution in [2.45, 2.75) is 44.4 Å². The maximum Gasteiger partial charge on any atom is 0.352 e. The number of hydrogen-bond donors (Lipinski definition) is 2. The Hall–Kier alpha value is -4.86. The van der Waals surface area contributed by atoms with Gasteiger partial charge in [-0.2, -0.15) is 9.78 Å². The van der Waals surface area contributed by atoms with E-state index in [9.17, 15) is 13.6 Å². The van der Waals surface area contributed by atoms with Crippen molar-refractivity contribution >= 4 is 32.1 Å². The van der Waals surface area contributed by atoms with Gasteiger partial charge in [-0.25, -0.2) is 23.1 Å². The molecule has 0 aliphatic carbocycles. The van der Waals surface area contributed by atoms with Crippen molar-refractivity contribution in [2.24, 2.45) is 10.9 Å². The first-order valence-electron chi connectivity index (χ1n) is 17.9. The second-order valence-corrected chi connectivity index (χ2v) is 20.3. The summed E-state index contributed by atoms with van der Waals surface area (Å²) in [6.45, 7) is 12.0. The van der Waals surface area contributed by atoms with Gasteiger partial charge >= 0.3 is 5.69 Å². The Morgan fingerprint density at radius 1 is 1.00 bits per heavy atom. The number of rotatable bonds is 16. The van der Waals surface area contributed by atoms with Crippen LogP contribution in [0, 0.1) is 23.0 Å². The van der Waals surface area contributed by atoms with E-state index in [4.69, 9.17) is 19.6 Å². The molecule has 2 aliphatic heterocycles. The number of ether oxygens (including phenoxy) is 3. The molecule has 12 nitrogen and oxygen atoms in total. The van der Waals surface area contributed by atoms with Crippen LogP contribution in [0.2, 0.25) is 25.7 Å². The molecule has 1 aromatic heterocycles. The Kier molecular flexibility index (Phi) is 12.1. The van der Waals surface area contributed by atoms with Gasteiger partial charge in [0.25, 0.3) is 0 Å². The summed E-state index contributed by atoms with van der Waals surface area (Å²) < 4.78 is 49.5. The first-order chi connectivity index (χ1) is 25.5. The second kappa shape index (κ2) is 16.9. The Morgan fingerprint density at radius 2 is 1.66 bits per heavy atom. The van der Waals surface area contributed by atoms with Crippen molar-refractivity contribution in [3.05, 3.63) is 101 Å². The summed E-state index contributed by atoms with van der Waals surface area (Å²) in [4.78, 5) is 21.3. The van der Waals surface area contributed by atoms with Gasteiger partial charge in [-0.05, 0) is 67.1 Å². The Labute approximate surface area is 309 Å². The van der Waals surface area contributed by atoms with Crippen molar-refractivity contribution in [3.63, 3.8) is 0 Å². The number of anilines is 2. The van der Waals surface area contributed by atoms with Crippen LogP contribution >= 0.6 is 0 Å². The van der Waals surface area contributed by atoms with E-state index in [0.29, 0.717) is 26.2 Å². The number of aliphatic imine (C=N–C) groups is 1. The zero-order chi connectivity index (χ0) is 37.4. The summed E-state index contributed by atoms with van der Waals surface area (Å²) >= 11 is 0. The SMILES string of the molecule is C[Si](C)(C)CCOCn1ncn(-c2ccc(N3CCN(c4ccc(OC[C@@H]5CO[C@@](CN/C=N\C=N)(c6ccc(F)cc6F)C5)cc4)CC3)cc2)c1=O. The zero-order valence-electron chi connectivity index (χ0n) is 30.5. The summed E-state index contributed by atoms with van der Waals surface area (Å²) in [5.74, 6) is -0.610. The fourth-order valence-corrected chi connectivity index (χ4v) is 7.44. The molecule has 2 fully saturated rings. The van der Waals surface area contributed by atoms with Crippen LogP contribution in [0.4, 0.5) is 20.2 Å². The highest BCUT2D eigenvalue weighted by molar-refractivity contribution is 6.76. The van der Waals surface area contributed by atoms with Gasteiger partial charge in [-0.3, -0.25) is 5.41 Å². The van der Waals surface area contributed by atoms with Gasteiger partial charge in [0, 0.05) is 76.3 Å². The average Bonchev–Trinajstić information content (AvgIpc) is 3.74. The Morgan fingerprint density at radius 3 is 2.30 bits per heavy atom. The lowest BCUT2D eigenvalue weighted by molar-refractivity contribution is 0.000380. The maximum atomic E-state index is 14.9. The highest BCUT2D eigenvalue weighted by Gasteiger charge is 2.44. The van der Waals surface area contributed by atoms with E-state index in [0.717, 1.165) is 67.4 Å². The van der Waals surface area contributed by atoms with E-state index < -0.39 is 25.3 Å². The summed E-state index contributed by atoms with van der Waals surface area (Å²) in [6, 6.07) is 20.6. The monoisotopic (exact) mass is 746 g/mol. The molecule has 6 rings (SSSR count). The number of nitrogens with zero attached hydrogens (tertiary/aromatic N) is 6. The number of aromatic nitrogens is 3. The second-order valence-electron chi connectivity index (χ2n) is 14.7. The molecule has 15 heteroatoms. The number of nitrogens with one attached hydrogen (secondary N) is 2. The summed E-state index contributed by atoms with van der Waals surface area (Å²) in [6.07, 6.45) is 4.26. The fourth-order valence-electron chi connectivity index (χ4n) is 6.68. The van der Waals surface area contributed by atoms with E-state index in [-0.39, 0.29) is 30.4 Å². The maximum absolute atomic E-state index is 14.9. The molecular weight excluding hydrogens is 699 g/mol. The van der Waals surface area contributed by atoms with Crippen molar-refractivity contribution in [2.75, 3.05) is 62.3 Å². The average molecular weight is 747 g/mol. The topological polar surface area (TPSA) is 122 Å². The van der Waals surface area contributed by atoms with Gasteiger partial charge < -0.3 is 29.3 Å². The van der Waals surface area contributed by atoms with Gasteiger partial charge in [-0.15, -0.1) is 0 Å². The Balaban J connectivity index is 0.978. The van der Waals surface area contributed by atoms with Crippen LogP contribution in [0.3, 0.4) is 0 Å². The highest BCUT2D eigenvalue weighted by Crippen LogP contribution is 2.40. The van der Waals surface area contributed by atoms with Gasteiger partial charge in [0.15, 0.2) is 0 Å². The smallest absolute Gasteiger partial charge is 0.352 e. The van der Waals surface area contributed by atoms with Gasteiger partial charge in [0.05, 0.1) is 25.2 Å². The minimum absolute atomic E-state index is 0.0227. The van der Waals surface area contributed by atoms with Crippen molar-refractivity contribution in [1.82, 2.24) is 19.7 Å². The molecule has 4 aromatic rings. The minimum Gasteiger partial charge on any atom is -0.493 e. The molecule has 53 heavy (non-hydrogen) atoms. The van der Waals surface area contributed by atoms with E-state index >= 15 is 0 Å². The lowest BCUT2D eigenvalue weighted by Gasteiger charge is -2.37. The molecule has 0 unspecified atom stereocenters. The van der Waals surface area contributed by atoms with Crippen molar-refractivity contribution < 1.29 is 23.0 Å². The van der Waals surface area contributed by atoms with Crippen molar-refractivity contribution in [3.8, 4) is 11.4 Å². The highest BCUT2D eigenvalue weighted by atomic mass is 28.3. The summed E-state index contributed by atoms with van der Waals surface area (Å²) in [5, 5.41) is 14.3. The largest absolute Gasteiger partial charge is 0.493 e. The molecule has 2 aliphatic rings. The van der Waals surface area contributed by atoms with E-state index in [1.54, 1.807) is 6.33 Å². The number of piperazine rings is 1. The Bertz CT molecular complexity index is 1910. The van der Waals surface area contributed by atoms with Crippen molar-refractivity contribution in [1.29, 1.82) is 5.41 Å². The molecule has 0 amide bonds. The minimum atomic E-state index is -1.20. The standard InChI is InChI=1S/C38H48F2N8O4Si/c1-53(2,3)19-18-50-28-48-37(49)47(27-44-48)33-7-5-31(6-8-33)45-14-16-46(17-15-45)32-9-11-34(12-10-32)51-22-29-21-38(52-23-29,24-42-26-43-25-41)35-13-4-30(39)20-36(35)40/h4-13,20,25-27,29H,14-19,21-24,28H2,1-3H3,(H2,41,42,43)/t29-,38+/m1/s1. The van der Waals surface area contributed by atoms with E-state index in [1.165, 1.54) is 27.7 Å². The number of halogens is 2. The molecule has 2 saturated heterocycles. The molecule has 282 valence electrons. The van der Waals surface area contributed by atoms with Crippen LogP contribution in [0.5, 0.6) is 5.75 Å². The predicted molar refractivity (Wildman–Crippen MR) is 206 cm³/mol. The third-order valence-electron chi connectivity index (χ3n) is 9.67. The van der Waals surface area contributed by atoms with Crippen LogP contribution in [-0.2, 0) is 21.8 Å². The van der Waals surface area contributed by atoms with Crippen LogP contribution in [0.15, 0.2) is 82.8 Å². The quantitative estimate of drug-likeness (QED) is 0.0669. The van der Waals surface area contributed by atoms with Gasteiger partial charge in [0.2, 0.25) is 0 Å². The lowest BCUT2D eigenvalue weighted by atomic mass is 9.87. The third-order valence-corrected chi connectivity index (χ3v) is 11.4. The van der Waals surface area contributed by atoms with Crippen LogP contribution in [0.1, 0.15) is 12.0 Å². The van der Waals surface area contributed by atoms with Crippen LogP contribution < -0.4 is 25.5 Å². The normalized spacial score (nSPS) is 19.2. The number of benzene rings is 3. The zero-order valence-corrected chi connectivity index (χ0v) is 31.5. The van der Waals surface area contributed by atoms with E-state index in [1.807, 2.05) is 36.4 Å². The molecule has 3 aromatic carbocycles. The van der Waals surface area contributed by atoms with Crippen LogP contribution in [0.25, 0.3) is 5.69 Å². The van der Waals surface area contributed by atoms with Gasteiger partial charge in [-0.1, -0.05) is 25.7 Å². The molecule has 0 spiro atoms. The summed E-state index contributed by atoms with van der Waals surface area (Å²) in [5.41, 5.74) is 1.99. The van der Waals surface area contributed by atoms with E-state index in [2.05, 4.69) is 57.0 Å². The molecule has 0 radical (unpaired) electrons. The lowest BCUT2D eigenvalue weighted by Crippen LogP contribution is -2.46.